The van der Waals surface area contributed by atoms with Gasteiger partial charge in [0.25, 0.3) is 10.0 Å². The molecule has 0 saturated carbocycles. The molecule has 2 aromatic heterocycles. The van der Waals surface area contributed by atoms with E-state index in [1.807, 2.05) is 13.8 Å². The van der Waals surface area contributed by atoms with Gasteiger partial charge in [-0.25, -0.2) is 18.4 Å². The number of nitrogens with one attached hydrogen (secondary N) is 1. The molecular formula is C23H20F3N5O4S. The number of imidazole rings is 1. The average Bonchev–Trinajstić information content (AvgIpc) is 3.12. The molecule has 0 fully saturated rings. The third-order valence-corrected chi connectivity index (χ3v) is 6.41. The lowest BCUT2D eigenvalue weighted by molar-refractivity contribution is -0.275. The lowest BCUT2D eigenvalue weighted by Gasteiger charge is -2.14. The molecule has 2 heterocycles. The molecule has 0 aliphatic carbocycles. The zero-order chi connectivity index (χ0) is 26.1. The highest BCUT2D eigenvalue weighted by Gasteiger charge is 2.34. The van der Waals surface area contributed by atoms with E-state index in [1.165, 1.54) is 36.4 Å². The SMILES string of the molecule is Cc1nc(Oc2ccc(NS(=O)(=O)c3ccccc3OC(F)(F)F)cc2)cc(-n2cnc(C)c2C)n1. The Balaban J connectivity index is 1.52. The molecule has 0 spiro atoms. The van der Waals surface area contributed by atoms with Crippen molar-refractivity contribution in [3.05, 3.63) is 78.1 Å². The summed E-state index contributed by atoms with van der Waals surface area (Å²) in [6.45, 7) is 5.51. The van der Waals surface area contributed by atoms with Gasteiger partial charge < -0.3 is 9.47 Å². The summed E-state index contributed by atoms with van der Waals surface area (Å²) in [4.78, 5) is 12.3. The summed E-state index contributed by atoms with van der Waals surface area (Å²) < 4.78 is 77.1. The van der Waals surface area contributed by atoms with Crippen molar-refractivity contribution in [2.45, 2.75) is 32.0 Å². The van der Waals surface area contributed by atoms with E-state index in [0.717, 1.165) is 23.5 Å². The number of hydrogen-bond acceptors (Lipinski definition) is 7. The van der Waals surface area contributed by atoms with Crippen molar-refractivity contribution in [1.29, 1.82) is 0 Å². The molecule has 9 nitrogen and oxygen atoms in total. The largest absolute Gasteiger partial charge is 0.573 e. The quantitative estimate of drug-likeness (QED) is 0.363. The van der Waals surface area contributed by atoms with Crippen LogP contribution in [0.25, 0.3) is 5.82 Å². The molecule has 0 aliphatic heterocycles. The van der Waals surface area contributed by atoms with E-state index in [9.17, 15) is 21.6 Å². The fourth-order valence-corrected chi connectivity index (χ4v) is 4.42. The second-order valence-electron chi connectivity index (χ2n) is 7.62. The first-order chi connectivity index (χ1) is 16.9. The number of para-hydroxylation sites is 1. The molecular weight excluding hydrogens is 499 g/mol. The van der Waals surface area contributed by atoms with Gasteiger partial charge in [-0.3, -0.25) is 9.29 Å². The number of halogens is 3. The van der Waals surface area contributed by atoms with Crippen LogP contribution in [-0.2, 0) is 10.0 Å². The molecule has 0 amide bonds. The molecule has 0 unspecified atom stereocenters. The second kappa shape index (κ2) is 9.49. The van der Waals surface area contributed by atoms with Crippen molar-refractivity contribution < 1.29 is 31.1 Å². The van der Waals surface area contributed by atoms with Gasteiger partial charge >= 0.3 is 6.36 Å². The number of aryl methyl sites for hydroxylation is 2. The van der Waals surface area contributed by atoms with Crippen LogP contribution in [0.5, 0.6) is 17.4 Å². The Labute approximate surface area is 204 Å². The van der Waals surface area contributed by atoms with Crippen LogP contribution in [0, 0.1) is 20.8 Å². The van der Waals surface area contributed by atoms with Crippen molar-refractivity contribution in [2.75, 3.05) is 4.72 Å². The summed E-state index contributed by atoms with van der Waals surface area (Å²) in [6, 6.07) is 11.9. The summed E-state index contributed by atoms with van der Waals surface area (Å²) in [7, 11) is -4.38. The van der Waals surface area contributed by atoms with Crippen LogP contribution in [0.2, 0.25) is 0 Å². The Morgan fingerprint density at radius 2 is 1.67 bits per heavy atom. The first kappa shape index (κ1) is 25.0. The summed E-state index contributed by atoms with van der Waals surface area (Å²) >= 11 is 0. The molecule has 0 aliphatic rings. The van der Waals surface area contributed by atoms with E-state index in [0.29, 0.717) is 17.4 Å². The van der Waals surface area contributed by atoms with E-state index in [-0.39, 0.29) is 11.6 Å². The van der Waals surface area contributed by atoms with Crippen molar-refractivity contribution in [3.63, 3.8) is 0 Å². The lowest BCUT2D eigenvalue weighted by Crippen LogP contribution is -2.20. The van der Waals surface area contributed by atoms with Crippen LogP contribution in [0.3, 0.4) is 0 Å². The fourth-order valence-electron chi connectivity index (χ4n) is 3.23. The van der Waals surface area contributed by atoms with Crippen LogP contribution in [0.1, 0.15) is 17.2 Å². The standard InChI is InChI=1S/C23H20F3N5O4S/c1-14-15(2)31(13-27-14)21-12-22(29-16(3)28-21)34-18-10-8-17(9-11-18)30-36(32,33)20-7-5-4-6-19(20)35-23(24,25)26/h4-13,30H,1-3H3. The molecule has 188 valence electrons. The number of benzene rings is 2. The topological polar surface area (TPSA) is 108 Å². The number of ether oxygens (including phenoxy) is 2. The molecule has 4 aromatic rings. The predicted octanol–water partition coefficient (Wildman–Crippen LogP) is 5.08. The first-order valence-corrected chi connectivity index (χ1v) is 11.9. The van der Waals surface area contributed by atoms with Gasteiger partial charge in [0, 0.05) is 17.4 Å². The molecule has 36 heavy (non-hydrogen) atoms. The number of alkyl halides is 3. The minimum absolute atomic E-state index is 0.105. The number of rotatable bonds is 7. The first-order valence-electron chi connectivity index (χ1n) is 10.4. The third-order valence-electron chi connectivity index (χ3n) is 4.99. The molecule has 0 atom stereocenters. The van der Waals surface area contributed by atoms with Crippen LogP contribution < -0.4 is 14.2 Å². The van der Waals surface area contributed by atoms with E-state index < -0.39 is 27.0 Å². The number of anilines is 1. The number of nitrogens with zero attached hydrogens (tertiary/aromatic N) is 4. The van der Waals surface area contributed by atoms with Crippen molar-refractivity contribution in [3.8, 4) is 23.2 Å². The van der Waals surface area contributed by atoms with Gasteiger partial charge in [-0.05, 0) is 57.2 Å². The highest BCUT2D eigenvalue weighted by molar-refractivity contribution is 7.92. The van der Waals surface area contributed by atoms with Crippen LogP contribution in [0.4, 0.5) is 18.9 Å². The van der Waals surface area contributed by atoms with Crippen molar-refractivity contribution >= 4 is 15.7 Å². The van der Waals surface area contributed by atoms with Crippen molar-refractivity contribution in [1.82, 2.24) is 19.5 Å². The summed E-state index contributed by atoms with van der Waals surface area (Å²) in [5, 5.41) is 0. The van der Waals surface area contributed by atoms with Crippen molar-refractivity contribution in [2.24, 2.45) is 0 Å². The van der Waals surface area contributed by atoms with Gasteiger partial charge in [-0.1, -0.05) is 12.1 Å². The third kappa shape index (κ3) is 5.74. The highest BCUT2D eigenvalue weighted by Crippen LogP contribution is 2.31. The maximum atomic E-state index is 12.7. The van der Waals surface area contributed by atoms with Crippen LogP contribution in [-0.4, -0.2) is 34.3 Å². The Morgan fingerprint density at radius 3 is 2.31 bits per heavy atom. The predicted molar refractivity (Wildman–Crippen MR) is 124 cm³/mol. The minimum Gasteiger partial charge on any atom is -0.439 e. The zero-order valence-corrected chi connectivity index (χ0v) is 20.1. The molecule has 13 heteroatoms. The Bertz CT molecular complexity index is 1500. The molecule has 2 aromatic carbocycles. The van der Waals surface area contributed by atoms with Gasteiger partial charge in [0.05, 0.1) is 5.69 Å². The molecule has 0 bridgehead atoms. The molecule has 0 radical (unpaired) electrons. The van der Waals surface area contributed by atoms with Crippen LogP contribution in [0.15, 0.2) is 65.8 Å². The smallest absolute Gasteiger partial charge is 0.439 e. The summed E-state index contributed by atoms with van der Waals surface area (Å²) in [6.07, 6.45) is -3.39. The second-order valence-corrected chi connectivity index (χ2v) is 9.27. The number of hydrogen-bond donors (Lipinski definition) is 1. The minimum atomic E-state index is -5.04. The zero-order valence-electron chi connectivity index (χ0n) is 19.2. The van der Waals surface area contributed by atoms with E-state index in [1.54, 1.807) is 23.9 Å². The van der Waals surface area contributed by atoms with Gasteiger partial charge in [0.2, 0.25) is 5.88 Å². The summed E-state index contributed by atoms with van der Waals surface area (Å²) in [5.74, 6) is 0.809. The summed E-state index contributed by atoms with van der Waals surface area (Å²) in [5.41, 5.74) is 1.88. The van der Waals surface area contributed by atoms with Crippen LogP contribution >= 0.6 is 0 Å². The molecule has 0 saturated heterocycles. The Morgan fingerprint density at radius 1 is 0.972 bits per heavy atom. The van der Waals surface area contributed by atoms with Gasteiger partial charge in [0.15, 0.2) is 0 Å². The Kier molecular flexibility index (Phi) is 6.59. The number of sulfonamides is 1. The molecule has 1 N–H and O–H groups in total. The van der Waals surface area contributed by atoms with E-state index in [4.69, 9.17) is 4.74 Å². The fraction of sp³-hybridized carbons (Fsp3) is 0.174. The van der Waals surface area contributed by atoms with E-state index in [2.05, 4.69) is 24.4 Å². The maximum Gasteiger partial charge on any atom is 0.573 e. The Hall–Kier alpha value is -4.13. The molecule has 4 rings (SSSR count). The normalized spacial score (nSPS) is 11.8. The number of aromatic nitrogens is 4. The highest BCUT2D eigenvalue weighted by atomic mass is 32.2. The maximum absolute atomic E-state index is 12.7. The lowest BCUT2D eigenvalue weighted by atomic mass is 10.3. The van der Waals surface area contributed by atoms with Gasteiger partial charge in [0.1, 0.15) is 34.4 Å². The van der Waals surface area contributed by atoms with Gasteiger partial charge in [-0.2, -0.15) is 4.98 Å². The monoisotopic (exact) mass is 519 g/mol. The van der Waals surface area contributed by atoms with Gasteiger partial charge in [-0.15, -0.1) is 13.2 Å². The van der Waals surface area contributed by atoms with E-state index >= 15 is 0 Å². The average molecular weight is 520 g/mol.